The molecule has 0 aromatic carbocycles. The third-order valence-electron chi connectivity index (χ3n) is 4.56. The van der Waals surface area contributed by atoms with Gasteiger partial charge in [-0.3, -0.25) is 19.4 Å². The van der Waals surface area contributed by atoms with Gasteiger partial charge >= 0.3 is 5.97 Å². The lowest BCUT2D eigenvalue weighted by atomic mass is 10.1. The lowest BCUT2D eigenvalue weighted by Crippen LogP contribution is -2.60. The number of esters is 1. The van der Waals surface area contributed by atoms with Crippen LogP contribution in [-0.4, -0.2) is 64.5 Å². The molecule has 2 N–H and O–H groups in total. The highest BCUT2D eigenvalue weighted by Gasteiger charge is 2.34. The predicted molar refractivity (Wildman–Crippen MR) is 121 cm³/mol. The SMILES string of the molecule is C=CCCCOC(C(=O)NC(C)C(=O)N1CCCC(C(=O)OCC(Cl)(Cl)Cl)N1)C(C)C. The molecule has 0 bridgehead atoms. The molecule has 1 heterocycles. The molecule has 0 radical (unpaired) electrons. The van der Waals surface area contributed by atoms with Crippen LogP contribution in [-0.2, 0) is 23.9 Å². The Bertz CT molecular complexity index is 628. The molecule has 2 amide bonds. The average Bonchev–Trinajstić information content (AvgIpc) is 2.70. The number of hydrazine groups is 1. The first-order valence-corrected chi connectivity index (χ1v) is 11.4. The maximum atomic E-state index is 12.8. The number of carbonyl (C=O) groups excluding carboxylic acids is 3. The Morgan fingerprint density at radius 2 is 1.97 bits per heavy atom. The molecule has 1 fully saturated rings. The van der Waals surface area contributed by atoms with E-state index >= 15 is 0 Å². The van der Waals surface area contributed by atoms with Crippen LogP contribution < -0.4 is 10.7 Å². The van der Waals surface area contributed by atoms with Crippen molar-refractivity contribution < 1.29 is 23.9 Å². The molecule has 3 unspecified atom stereocenters. The summed E-state index contributed by atoms with van der Waals surface area (Å²) < 4.78 is 8.98. The summed E-state index contributed by atoms with van der Waals surface area (Å²) in [4.78, 5) is 37.6. The zero-order valence-corrected chi connectivity index (χ0v) is 20.4. The number of carbonyl (C=O) groups is 3. The normalized spacial score (nSPS) is 18.9. The monoisotopic (exact) mass is 499 g/mol. The quantitative estimate of drug-likeness (QED) is 0.196. The molecular weight excluding hydrogens is 469 g/mol. The van der Waals surface area contributed by atoms with Crippen LogP contribution in [0.4, 0.5) is 0 Å². The van der Waals surface area contributed by atoms with Gasteiger partial charge in [-0.25, -0.2) is 5.43 Å². The number of hydrogen-bond donors (Lipinski definition) is 2. The van der Waals surface area contributed by atoms with Crippen molar-refractivity contribution >= 4 is 52.6 Å². The first kappa shape index (κ1) is 28.0. The van der Waals surface area contributed by atoms with Crippen molar-refractivity contribution in [1.82, 2.24) is 15.8 Å². The molecule has 0 aliphatic carbocycles. The van der Waals surface area contributed by atoms with Crippen LogP contribution in [0.15, 0.2) is 12.7 Å². The van der Waals surface area contributed by atoms with Gasteiger partial charge in [-0.15, -0.1) is 6.58 Å². The van der Waals surface area contributed by atoms with E-state index in [1.54, 1.807) is 13.0 Å². The average molecular weight is 501 g/mol. The number of unbranched alkanes of at least 4 members (excludes halogenated alkanes) is 1. The van der Waals surface area contributed by atoms with E-state index in [0.717, 1.165) is 12.8 Å². The topological polar surface area (TPSA) is 97.0 Å². The van der Waals surface area contributed by atoms with Gasteiger partial charge in [-0.05, 0) is 38.5 Å². The fourth-order valence-electron chi connectivity index (χ4n) is 2.97. The van der Waals surface area contributed by atoms with E-state index in [1.165, 1.54) is 5.01 Å². The van der Waals surface area contributed by atoms with Crippen molar-refractivity contribution in [3.63, 3.8) is 0 Å². The molecule has 0 aromatic rings. The van der Waals surface area contributed by atoms with Crippen LogP contribution in [0.2, 0.25) is 0 Å². The minimum Gasteiger partial charge on any atom is -0.460 e. The maximum Gasteiger partial charge on any atom is 0.325 e. The Morgan fingerprint density at radius 3 is 2.55 bits per heavy atom. The first-order valence-electron chi connectivity index (χ1n) is 10.3. The second-order valence-electron chi connectivity index (χ2n) is 7.73. The lowest BCUT2D eigenvalue weighted by molar-refractivity contribution is -0.153. The third kappa shape index (κ3) is 10.4. The summed E-state index contributed by atoms with van der Waals surface area (Å²) in [6.07, 6.45) is 3.74. The molecular formula is C20H32Cl3N3O5. The van der Waals surface area contributed by atoms with Gasteiger partial charge in [0.1, 0.15) is 24.8 Å². The van der Waals surface area contributed by atoms with Crippen molar-refractivity contribution in [3.8, 4) is 0 Å². The van der Waals surface area contributed by atoms with Crippen molar-refractivity contribution in [2.24, 2.45) is 5.92 Å². The maximum absolute atomic E-state index is 12.8. The zero-order valence-electron chi connectivity index (χ0n) is 18.2. The molecule has 11 heteroatoms. The Morgan fingerprint density at radius 1 is 1.29 bits per heavy atom. The summed E-state index contributed by atoms with van der Waals surface area (Å²) in [5.41, 5.74) is 2.83. The summed E-state index contributed by atoms with van der Waals surface area (Å²) in [6.45, 7) is 9.43. The number of allylic oxidation sites excluding steroid dienone is 1. The van der Waals surface area contributed by atoms with Gasteiger partial charge in [-0.1, -0.05) is 54.7 Å². The first-order chi connectivity index (χ1) is 14.5. The number of nitrogens with zero attached hydrogens (tertiary/aromatic N) is 1. The van der Waals surface area contributed by atoms with Crippen LogP contribution in [0.5, 0.6) is 0 Å². The van der Waals surface area contributed by atoms with Crippen LogP contribution in [0.3, 0.4) is 0 Å². The zero-order chi connectivity index (χ0) is 23.6. The number of nitrogens with one attached hydrogen (secondary N) is 2. The Labute approximate surface area is 198 Å². The Kier molecular flexibility index (Phi) is 12.2. The van der Waals surface area contributed by atoms with Gasteiger partial charge in [0.15, 0.2) is 0 Å². The molecule has 0 spiro atoms. The number of hydrogen-bond acceptors (Lipinski definition) is 6. The second kappa shape index (κ2) is 13.5. The Hall–Kier alpha value is -1.06. The van der Waals surface area contributed by atoms with Gasteiger partial charge in [0.05, 0.1) is 0 Å². The summed E-state index contributed by atoms with van der Waals surface area (Å²) in [5.74, 6) is -1.41. The fourth-order valence-corrected chi connectivity index (χ4v) is 3.13. The minimum atomic E-state index is -1.71. The second-order valence-corrected chi connectivity index (χ2v) is 10.2. The molecule has 3 atom stereocenters. The number of alkyl halides is 3. The molecule has 0 saturated carbocycles. The van der Waals surface area contributed by atoms with E-state index < -0.39 is 34.6 Å². The molecule has 1 saturated heterocycles. The Balaban J connectivity index is 2.60. The molecule has 178 valence electrons. The van der Waals surface area contributed by atoms with Crippen LogP contribution in [0.25, 0.3) is 0 Å². The van der Waals surface area contributed by atoms with Crippen LogP contribution >= 0.6 is 34.8 Å². The van der Waals surface area contributed by atoms with Gasteiger partial charge in [0, 0.05) is 13.2 Å². The highest BCUT2D eigenvalue weighted by molar-refractivity contribution is 6.67. The van der Waals surface area contributed by atoms with Crippen molar-refractivity contribution in [1.29, 1.82) is 0 Å². The molecule has 31 heavy (non-hydrogen) atoms. The van der Waals surface area contributed by atoms with E-state index in [1.807, 2.05) is 13.8 Å². The lowest BCUT2D eigenvalue weighted by Gasteiger charge is -2.34. The van der Waals surface area contributed by atoms with E-state index in [2.05, 4.69) is 17.3 Å². The summed E-state index contributed by atoms with van der Waals surface area (Å²) in [5, 5.41) is 4.02. The van der Waals surface area contributed by atoms with Crippen LogP contribution in [0, 0.1) is 5.92 Å². The summed E-state index contributed by atoms with van der Waals surface area (Å²) in [7, 11) is 0. The molecule has 8 nitrogen and oxygen atoms in total. The van der Waals surface area contributed by atoms with Gasteiger partial charge < -0.3 is 14.8 Å². The fraction of sp³-hybridized carbons (Fsp3) is 0.750. The number of amides is 2. The van der Waals surface area contributed by atoms with Crippen molar-refractivity contribution in [3.05, 3.63) is 12.7 Å². The van der Waals surface area contributed by atoms with Gasteiger partial charge in [0.25, 0.3) is 5.91 Å². The van der Waals surface area contributed by atoms with Gasteiger partial charge in [-0.2, -0.15) is 0 Å². The standard InChI is InChI=1S/C20H32Cl3N3O5/c1-5-6-7-11-30-16(13(2)3)17(27)24-14(4)18(28)26-10-8-9-15(25-26)19(29)31-12-20(21,22)23/h5,13-16,25H,1,6-12H2,2-4H3,(H,24,27). The van der Waals surface area contributed by atoms with Gasteiger partial charge in [0.2, 0.25) is 9.70 Å². The smallest absolute Gasteiger partial charge is 0.325 e. The number of rotatable bonds is 11. The van der Waals surface area contributed by atoms with E-state index in [9.17, 15) is 14.4 Å². The molecule has 1 rings (SSSR count). The molecule has 1 aliphatic heterocycles. The minimum absolute atomic E-state index is 0.0591. The molecule has 0 aromatic heterocycles. The van der Waals surface area contributed by atoms with E-state index in [4.69, 9.17) is 44.3 Å². The highest BCUT2D eigenvalue weighted by Crippen LogP contribution is 2.26. The van der Waals surface area contributed by atoms with E-state index in [0.29, 0.717) is 26.0 Å². The summed E-state index contributed by atoms with van der Waals surface area (Å²) >= 11 is 16.8. The third-order valence-corrected chi connectivity index (χ3v) is 4.89. The predicted octanol–water partition coefficient (Wildman–Crippen LogP) is 2.91. The highest BCUT2D eigenvalue weighted by atomic mass is 35.6. The van der Waals surface area contributed by atoms with Crippen molar-refractivity contribution in [2.75, 3.05) is 19.8 Å². The van der Waals surface area contributed by atoms with Crippen molar-refractivity contribution in [2.45, 2.75) is 68.4 Å². The molecule has 1 aliphatic rings. The van der Waals surface area contributed by atoms with Crippen LogP contribution in [0.1, 0.15) is 46.5 Å². The number of halogens is 3. The largest absolute Gasteiger partial charge is 0.460 e. The van der Waals surface area contributed by atoms with E-state index in [-0.39, 0.29) is 17.7 Å². The number of ether oxygens (including phenoxy) is 2. The summed E-state index contributed by atoms with van der Waals surface area (Å²) in [6, 6.07) is -1.56.